The van der Waals surface area contributed by atoms with Gasteiger partial charge in [-0.15, -0.1) is 21.5 Å². The maximum absolute atomic E-state index is 12.4. The quantitative estimate of drug-likeness (QED) is 0.768. The molecule has 27 heavy (non-hydrogen) atoms. The summed E-state index contributed by atoms with van der Waals surface area (Å²) in [7, 11) is 1.67. The summed E-state index contributed by atoms with van der Waals surface area (Å²) >= 11 is 1.71. The van der Waals surface area contributed by atoms with Crippen molar-refractivity contribution in [1.82, 2.24) is 15.1 Å². The Hall–Kier alpha value is -1.95. The lowest BCUT2D eigenvalue weighted by Gasteiger charge is -2.32. The zero-order chi connectivity index (χ0) is 19.4. The van der Waals surface area contributed by atoms with Crippen LogP contribution in [0.4, 0.5) is 0 Å². The SMILES string of the molecule is COc1ccc(Cc2nnc(C3CCN(C(=O)CC(C)(C)C)CC3)s2)cc1. The first kappa shape index (κ1) is 19.8. The molecule has 0 atom stereocenters. The smallest absolute Gasteiger partial charge is 0.223 e. The number of likely N-dealkylation sites (tertiary alicyclic amines) is 1. The summed E-state index contributed by atoms with van der Waals surface area (Å²) < 4.78 is 5.20. The highest BCUT2D eigenvalue weighted by Crippen LogP contribution is 2.32. The van der Waals surface area contributed by atoms with Crippen molar-refractivity contribution in [2.45, 2.75) is 52.4 Å². The highest BCUT2D eigenvalue weighted by atomic mass is 32.1. The van der Waals surface area contributed by atoms with Crippen LogP contribution in [0.5, 0.6) is 5.75 Å². The van der Waals surface area contributed by atoms with Crippen molar-refractivity contribution in [2.24, 2.45) is 5.41 Å². The fourth-order valence-electron chi connectivity index (χ4n) is 3.36. The van der Waals surface area contributed by atoms with Crippen molar-refractivity contribution in [2.75, 3.05) is 20.2 Å². The molecule has 0 saturated carbocycles. The summed E-state index contributed by atoms with van der Waals surface area (Å²) in [6.07, 6.45) is 3.37. The molecule has 0 aliphatic carbocycles. The molecule has 1 aliphatic heterocycles. The molecule has 2 aromatic rings. The Morgan fingerprint density at radius 1 is 1.19 bits per heavy atom. The van der Waals surface area contributed by atoms with Crippen molar-refractivity contribution < 1.29 is 9.53 Å². The second kappa shape index (κ2) is 8.38. The van der Waals surface area contributed by atoms with Gasteiger partial charge in [-0.1, -0.05) is 32.9 Å². The van der Waals surface area contributed by atoms with Crippen LogP contribution in [0.25, 0.3) is 0 Å². The highest BCUT2D eigenvalue weighted by molar-refractivity contribution is 7.11. The summed E-state index contributed by atoms with van der Waals surface area (Å²) in [6, 6.07) is 8.08. The van der Waals surface area contributed by atoms with Crippen LogP contribution < -0.4 is 4.74 Å². The molecule has 0 radical (unpaired) electrons. The van der Waals surface area contributed by atoms with Crippen molar-refractivity contribution >= 4 is 17.2 Å². The second-order valence-electron chi connectivity index (χ2n) is 8.45. The average molecular weight is 388 g/mol. The van der Waals surface area contributed by atoms with Gasteiger partial charge < -0.3 is 9.64 Å². The van der Waals surface area contributed by atoms with E-state index in [1.54, 1.807) is 18.4 Å². The van der Waals surface area contributed by atoms with Gasteiger partial charge in [-0.2, -0.15) is 0 Å². The summed E-state index contributed by atoms with van der Waals surface area (Å²) in [5, 5.41) is 11.0. The topological polar surface area (TPSA) is 55.3 Å². The Bertz CT molecular complexity index is 756. The third-order valence-corrected chi connectivity index (χ3v) is 5.96. The Morgan fingerprint density at radius 3 is 2.44 bits per heavy atom. The lowest BCUT2D eigenvalue weighted by atomic mass is 9.90. The molecule has 1 aromatic heterocycles. The maximum atomic E-state index is 12.4. The van der Waals surface area contributed by atoms with Crippen LogP contribution in [-0.2, 0) is 11.2 Å². The molecule has 0 unspecified atom stereocenters. The van der Waals surface area contributed by atoms with Gasteiger partial charge >= 0.3 is 0 Å². The van der Waals surface area contributed by atoms with Gasteiger partial charge in [0, 0.05) is 31.8 Å². The number of carbonyl (C=O) groups excluding carboxylic acids is 1. The Labute approximate surface area is 165 Å². The molecule has 146 valence electrons. The van der Waals surface area contributed by atoms with Crippen LogP contribution >= 0.6 is 11.3 Å². The first-order valence-electron chi connectivity index (χ1n) is 9.57. The maximum Gasteiger partial charge on any atom is 0.223 e. The Balaban J connectivity index is 1.54. The van der Waals surface area contributed by atoms with Crippen LogP contribution in [0.2, 0.25) is 0 Å². The molecule has 1 aliphatic rings. The molecule has 6 heteroatoms. The lowest BCUT2D eigenvalue weighted by molar-refractivity contribution is -0.134. The van der Waals surface area contributed by atoms with Crippen molar-refractivity contribution in [3.05, 3.63) is 39.8 Å². The normalized spacial score (nSPS) is 15.8. The molecule has 3 rings (SSSR count). The van der Waals surface area contributed by atoms with Gasteiger partial charge in [-0.3, -0.25) is 4.79 Å². The molecule has 1 amide bonds. The number of hydrogen-bond acceptors (Lipinski definition) is 5. The van der Waals surface area contributed by atoms with E-state index in [-0.39, 0.29) is 11.3 Å². The predicted octanol–water partition coefficient (Wildman–Crippen LogP) is 4.28. The van der Waals surface area contributed by atoms with E-state index in [2.05, 4.69) is 43.1 Å². The summed E-state index contributed by atoms with van der Waals surface area (Å²) in [4.78, 5) is 14.4. The van der Waals surface area contributed by atoms with Crippen molar-refractivity contribution in [3.8, 4) is 5.75 Å². The molecule has 0 bridgehead atoms. The summed E-state index contributed by atoms with van der Waals surface area (Å²) in [5.74, 6) is 1.56. The van der Waals surface area contributed by atoms with E-state index in [9.17, 15) is 4.79 Å². The van der Waals surface area contributed by atoms with Gasteiger partial charge in [0.05, 0.1) is 7.11 Å². The van der Waals surface area contributed by atoms with E-state index < -0.39 is 0 Å². The number of nitrogens with zero attached hydrogens (tertiary/aromatic N) is 3. The Kier molecular flexibility index (Phi) is 6.15. The largest absolute Gasteiger partial charge is 0.497 e. The highest BCUT2D eigenvalue weighted by Gasteiger charge is 2.28. The van der Waals surface area contributed by atoms with Gasteiger partial charge in [-0.25, -0.2) is 0 Å². The molecule has 0 spiro atoms. The number of rotatable bonds is 5. The van der Waals surface area contributed by atoms with E-state index in [0.717, 1.165) is 48.1 Å². The zero-order valence-electron chi connectivity index (χ0n) is 16.7. The minimum absolute atomic E-state index is 0.0452. The molecular formula is C21H29N3O2S. The number of piperidine rings is 1. The van der Waals surface area contributed by atoms with Crippen LogP contribution in [0.3, 0.4) is 0 Å². The number of methoxy groups -OCH3 is 1. The fourth-order valence-corrected chi connectivity index (χ4v) is 4.41. The molecular weight excluding hydrogens is 358 g/mol. The lowest BCUT2D eigenvalue weighted by Crippen LogP contribution is -2.39. The molecule has 0 N–H and O–H groups in total. The van der Waals surface area contributed by atoms with Gasteiger partial charge in [0.25, 0.3) is 0 Å². The molecule has 1 fully saturated rings. The van der Waals surface area contributed by atoms with Crippen LogP contribution in [0.1, 0.15) is 61.5 Å². The number of ether oxygens (including phenoxy) is 1. The molecule has 1 saturated heterocycles. The monoisotopic (exact) mass is 387 g/mol. The molecule has 1 aromatic carbocycles. The molecule has 2 heterocycles. The van der Waals surface area contributed by atoms with Crippen molar-refractivity contribution in [1.29, 1.82) is 0 Å². The van der Waals surface area contributed by atoms with Crippen LogP contribution in [0.15, 0.2) is 24.3 Å². The average Bonchev–Trinajstić information content (AvgIpc) is 3.09. The van der Waals surface area contributed by atoms with E-state index in [1.807, 2.05) is 17.0 Å². The third-order valence-electron chi connectivity index (χ3n) is 4.88. The number of amides is 1. The standard InChI is InChI=1S/C21H29N3O2S/c1-21(2,3)14-19(25)24-11-9-16(10-12-24)20-23-22-18(27-20)13-15-5-7-17(26-4)8-6-15/h5-8,16H,9-14H2,1-4H3. The van der Waals surface area contributed by atoms with E-state index >= 15 is 0 Å². The van der Waals surface area contributed by atoms with E-state index in [1.165, 1.54) is 5.56 Å². The first-order valence-corrected chi connectivity index (χ1v) is 10.4. The van der Waals surface area contributed by atoms with E-state index in [4.69, 9.17) is 4.74 Å². The van der Waals surface area contributed by atoms with Gasteiger partial charge in [0.2, 0.25) is 5.91 Å². The first-order chi connectivity index (χ1) is 12.8. The van der Waals surface area contributed by atoms with Crippen molar-refractivity contribution in [3.63, 3.8) is 0 Å². The third kappa shape index (κ3) is 5.51. The van der Waals surface area contributed by atoms with Gasteiger partial charge in [0.15, 0.2) is 0 Å². The molecule has 5 nitrogen and oxygen atoms in total. The number of aromatic nitrogens is 2. The number of benzene rings is 1. The minimum atomic E-state index is 0.0452. The predicted molar refractivity (Wildman–Crippen MR) is 108 cm³/mol. The van der Waals surface area contributed by atoms with Crippen LogP contribution in [-0.4, -0.2) is 41.2 Å². The zero-order valence-corrected chi connectivity index (χ0v) is 17.5. The summed E-state index contributed by atoms with van der Waals surface area (Å²) in [5.41, 5.74) is 1.25. The number of carbonyl (C=O) groups is 1. The second-order valence-corrected chi connectivity index (χ2v) is 9.55. The Morgan fingerprint density at radius 2 is 1.85 bits per heavy atom. The van der Waals surface area contributed by atoms with E-state index in [0.29, 0.717) is 12.3 Å². The number of hydrogen-bond donors (Lipinski definition) is 0. The minimum Gasteiger partial charge on any atom is -0.497 e. The van der Waals surface area contributed by atoms with Crippen LogP contribution in [0, 0.1) is 5.41 Å². The fraction of sp³-hybridized carbons (Fsp3) is 0.571. The van der Waals surface area contributed by atoms with Gasteiger partial charge in [-0.05, 0) is 36.0 Å². The van der Waals surface area contributed by atoms with Gasteiger partial charge in [0.1, 0.15) is 15.8 Å². The summed E-state index contributed by atoms with van der Waals surface area (Å²) in [6.45, 7) is 8.00.